The van der Waals surface area contributed by atoms with Crippen molar-refractivity contribution in [3.05, 3.63) is 65.9 Å². The Morgan fingerprint density at radius 2 is 1.76 bits per heavy atom. The molecule has 0 bridgehead atoms. The normalized spacial score (nSPS) is 13.4. The Balaban J connectivity index is 1.70. The average Bonchev–Trinajstić information content (AvgIpc) is 3.03. The van der Waals surface area contributed by atoms with Gasteiger partial charge in [-0.25, -0.2) is 12.7 Å². The number of para-hydroxylation sites is 1. The first-order valence-electron chi connectivity index (χ1n) is 8.10. The van der Waals surface area contributed by atoms with Crippen molar-refractivity contribution >= 4 is 21.0 Å². The lowest BCUT2D eigenvalue weighted by Gasteiger charge is -2.16. The summed E-state index contributed by atoms with van der Waals surface area (Å²) in [5, 5.41) is 4.56. The van der Waals surface area contributed by atoms with Crippen molar-refractivity contribution in [2.45, 2.75) is 24.4 Å². The molecule has 0 fully saturated rings. The minimum atomic E-state index is -3.39. The van der Waals surface area contributed by atoms with Crippen LogP contribution in [0.15, 0.2) is 64.1 Å². The Kier molecular flexibility index (Phi) is 4.94. The molecule has 132 valence electrons. The lowest BCUT2D eigenvalue weighted by atomic mass is 10.1. The van der Waals surface area contributed by atoms with Gasteiger partial charge in [0.25, 0.3) is 0 Å². The summed E-state index contributed by atoms with van der Waals surface area (Å²) >= 11 is 0. The van der Waals surface area contributed by atoms with E-state index in [1.165, 1.54) is 18.4 Å². The van der Waals surface area contributed by atoms with Gasteiger partial charge < -0.3 is 9.73 Å². The molecule has 0 spiro atoms. The van der Waals surface area contributed by atoms with Crippen LogP contribution in [0, 0.1) is 0 Å². The first kappa shape index (κ1) is 17.7. The van der Waals surface area contributed by atoms with Crippen LogP contribution < -0.4 is 5.32 Å². The van der Waals surface area contributed by atoms with Gasteiger partial charge in [0, 0.05) is 37.6 Å². The van der Waals surface area contributed by atoms with E-state index in [4.69, 9.17) is 4.42 Å². The number of hydrogen-bond acceptors (Lipinski definition) is 4. The number of fused-ring (bicyclic) bond motifs is 1. The van der Waals surface area contributed by atoms with Gasteiger partial charge in [-0.05, 0) is 30.7 Å². The van der Waals surface area contributed by atoms with E-state index >= 15 is 0 Å². The Bertz CT molecular complexity index is 960. The van der Waals surface area contributed by atoms with E-state index in [0.717, 1.165) is 22.1 Å². The Morgan fingerprint density at radius 3 is 2.44 bits per heavy atom. The molecule has 0 aliphatic carbocycles. The maximum absolute atomic E-state index is 12.1. The molecule has 1 aromatic heterocycles. The number of benzene rings is 2. The number of nitrogens with zero attached hydrogens (tertiary/aromatic N) is 1. The highest BCUT2D eigenvalue weighted by atomic mass is 32.2. The topological polar surface area (TPSA) is 62.6 Å². The fourth-order valence-electron chi connectivity index (χ4n) is 2.69. The first-order valence-corrected chi connectivity index (χ1v) is 9.54. The second-order valence-corrected chi connectivity index (χ2v) is 8.37. The van der Waals surface area contributed by atoms with Gasteiger partial charge in [-0.1, -0.05) is 30.3 Å². The summed E-state index contributed by atoms with van der Waals surface area (Å²) in [4.78, 5) is 0.300. The SMILES string of the molecule is CC(NCc1coc2ccccc12)c1ccc(S(=O)(=O)N(C)C)cc1. The minimum absolute atomic E-state index is 0.0878. The summed E-state index contributed by atoms with van der Waals surface area (Å²) < 4.78 is 31.0. The molecule has 0 radical (unpaired) electrons. The second-order valence-electron chi connectivity index (χ2n) is 6.22. The van der Waals surface area contributed by atoms with Crippen molar-refractivity contribution in [1.29, 1.82) is 0 Å². The lowest BCUT2D eigenvalue weighted by molar-refractivity contribution is 0.520. The van der Waals surface area contributed by atoms with Gasteiger partial charge in [0.05, 0.1) is 11.2 Å². The largest absolute Gasteiger partial charge is 0.464 e. The molecule has 1 atom stereocenters. The summed E-state index contributed by atoms with van der Waals surface area (Å²) in [6, 6.07) is 15.0. The summed E-state index contributed by atoms with van der Waals surface area (Å²) in [6.45, 7) is 2.73. The van der Waals surface area contributed by atoms with Crippen molar-refractivity contribution in [2.75, 3.05) is 14.1 Å². The zero-order valence-corrected chi connectivity index (χ0v) is 15.4. The monoisotopic (exact) mass is 358 g/mol. The molecule has 1 N–H and O–H groups in total. The first-order chi connectivity index (χ1) is 11.9. The Hall–Kier alpha value is -2.15. The molecule has 6 heteroatoms. The number of furan rings is 1. The quantitative estimate of drug-likeness (QED) is 0.732. The van der Waals surface area contributed by atoms with Crippen LogP contribution in [0.4, 0.5) is 0 Å². The van der Waals surface area contributed by atoms with Crippen molar-refractivity contribution in [3.8, 4) is 0 Å². The minimum Gasteiger partial charge on any atom is -0.464 e. The van der Waals surface area contributed by atoms with E-state index in [2.05, 4.69) is 12.2 Å². The van der Waals surface area contributed by atoms with Crippen LogP contribution in [0.1, 0.15) is 24.1 Å². The van der Waals surface area contributed by atoms with E-state index in [1.807, 2.05) is 36.4 Å². The predicted octanol–water partition coefficient (Wildman–Crippen LogP) is 3.53. The number of sulfonamides is 1. The molecule has 0 saturated heterocycles. The third kappa shape index (κ3) is 3.61. The molecule has 3 aromatic rings. The summed E-state index contributed by atoms with van der Waals surface area (Å²) in [5.74, 6) is 0. The fraction of sp³-hybridized carbons (Fsp3) is 0.263. The zero-order valence-electron chi connectivity index (χ0n) is 14.6. The van der Waals surface area contributed by atoms with Gasteiger partial charge in [-0.2, -0.15) is 0 Å². The maximum Gasteiger partial charge on any atom is 0.242 e. The zero-order chi connectivity index (χ0) is 18.0. The van der Waals surface area contributed by atoms with Gasteiger partial charge >= 0.3 is 0 Å². The van der Waals surface area contributed by atoms with Crippen LogP contribution in [0.25, 0.3) is 11.0 Å². The molecule has 0 amide bonds. The van der Waals surface area contributed by atoms with Gasteiger partial charge in [0.1, 0.15) is 5.58 Å². The van der Waals surface area contributed by atoms with Crippen LogP contribution in [0.2, 0.25) is 0 Å². The highest BCUT2D eigenvalue weighted by Crippen LogP contribution is 2.22. The highest BCUT2D eigenvalue weighted by Gasteiger charge is 2.17. The predicted molar refractivity (Wildman–Crippen MR) is 98.8 cm³/mol. The molecule has 1 unspecified atom stereocenters. The van der Waals surface area contributed by atoms with E-state index in [-0.39, 0.29) is 6.04 Å². The molecule has 0 saturated carbocycles. The standard InChI is InChI=1S/C19H22N2O3S/c1-14(15-8-10-17(11-9-15)25(22,23)21(2)3)20-12-16-13-24-19-7-5-4-6-18(16)19/h4-11,13-14,20H,12H2,1-3H3. The van der Waals surface area contributed by atoms with E-state index in [0.29, 0.717) is 11.4 Å². The van der Waals surface area contributed by atoms with Crippen LogP contribution in [0.5, 0.6) is 0 Å². The van der Waals surface area contributed by atoms with Crippen LogP contribution in [0.3, 0.4) is 0 Å². The maximum atomic E-state index is 12.1. The molecular formula is C19H22N2O3S. The summed E-state index contributed by atoms with van der Waals surface area (Å²) in [5.41, 5.74) is 3.02. The smallest absolute Gasteiger partial charge is 0.242 e. The number of nitrogens with one attached hydrogen (secondary N) is 1. The van der Waals surface area contributed by atoms with Crippen molar-refractivity contribution in [3.63, 3.8) is 0 Å². The van der Waals surface area contributed by atoms with E-state index in [9.17, 15) is 8.42 Å². The van der Waals surface area contributed by atoms with Crippen LogP contribution >= 0.6 is 0 Å². The van der Waals surface area contributed by atoms with Crippen molar-refractivity contribution in [2.24, 2.45) is 0 Å². The molecule has 0 aliphatic rings. The van der Waals surface area contributed by atoms with Gasteiger partial charge in [-0.15, -0.1) is 0 Å². The van der Waals surface area contributed by atoms with Gasteiger partial charge in [0.15, 0.2) is 0 Å². The highest BCUT2D eigenvalue weighted by molar-refractivity contribution is 7.89. The van der Waals surface area contributed by atoms with E-state index < -0.39 is 10.0 Å². The van der Waals surface area contributed by atoms with Gasteiger partial charge in [0.2, 0.25) is 10.0 Å². The molecule has 3 rings (SSSR count). The fourth-order valence-corrected chi connectivity index (χ4v) is 3.59. The second kappa shape index (κ2) is 7.00. The summed E-state index contributed by atoms with van der Waals surface area (Å²) in [7, 11) is -0.330. The van der Waals surface area contributed by atoms with Crippen molar-refractivity contribution in [1.82, 2.24) is 9.62 Å². The van der Waals surface area contributed by atoms with Gasteiger partial charge in [-0.3, -0.25) is 0 Å². The molecule has 2 aromatic carbocycles. The molecule has 1 heterocycles. The lowest BCUT2D eigenvalue weighted by Crippen LogP contribution is -2.22. The number of rotatable bonds is 6. The van der Waals surface area contributed by atoms with E-state index in [1.54, 1.807) is 18.4 Å². The Labute approximate surface area is 148 Å². The Morgan fingerprint density at radius 1 is 1.08 bits per heavy atom. The molecule has 25 heavy (non-hydrogen) atoms. The number of hydrogen-bond donors (Lipinski definition) is 1. The van der Waals surface area contributed by atoms with Crippen molar-refractivity contribution < 1.29 is 12.8 Å². The van der Waals surface area contributed by atoms with Crippen LogP contribution in [-0.4, -0.2) is 26.8 Å². The third-order valence-electron chi connectivity index (χ3n) is 4.32. The van der Waals surface area contributed by atoms with Crippen LogP contribution in [-0.2, 0) is 16.6 Å². The molecule has 5 nitrogen and oxygen atoms in total. The average molecular weight is 358 g/mol. The molecule has 0 aliphatic heterocycles. The molecular weight excluding hydrogens is 336 g/mol. The third-order valence-corrected chi connectivity index (χ3v) is 6.15. The summed E-state index contributed by atoms with van der Waals surface area (Å²) in [6.07, 6.45) is 1.77.